The van der Waals surface area contributed by atoms with Crippen molar-refractivity contribution in [2.75, 3.05) is 23.7 Å². The Balaban J connectivity index is 2.46. The number of anilines is 1. The van der Waals surface area contributed by atoms with Crippen molar-refractivity contribution in [1.29, 1.82) is 0 Å². The first-order valence-electron chi connectivity index (χ1n) is 10.1. The molecule has 1 unspecified atom stereocenters. The van der Waals surface area contributed by atoms with Crippen LogP contribution in [0.2, 0.25) is 15.1 Å². The normalized spacial score (nSPS) is 12.2. The number of halogens is 3. The standard InChI is InChI=1S/C22H26Cl3N3O4S/c1-5-26-22(30)15(3)27(12-16-8-6-7-14(2)9-16)21(29)13-28(33(4,31)32)20-11-18(24)17(23)10-19(20)25/h6-11,15H,5,12-13H2,1-4H3,(H,26,30). The van der Waals surface area contributed by atoms with E-state index in [-0.39, 0.29) is 33.2 Å². The Hall–Kier alpha value is -2.00. The van der Waals surface area contributed by atoms with Crippen molar-refractivity contribution in [2.45, 2.75) is 33.4 Å². The Labute approximate surface area is 209 Å². The van der Waals surface area contributed by atoms with Gasteiger partial charge in [0.1, 0.15) is 12.6 Å². The Morgan fingerprint density at radius 3 is 2.27 bits per heavy atom. The molecule has 0 aliphatic heterocycles. The van der Waals surface area contributed by atoms with Gasteiger partial charge in [-0.25, -0.2) is 8.42 Å². The summed E-state index contributed by atoms with van der Waals surface area (Å²) in [5.41, 5.74) is 1.81. The van der Waals surface area contributed by atoms with Crippen LogP contribution in [0.15, 0.2) is 36.4 Å². The van der Waals surface area contributed by atoms with Gasteiger partial charge in [0.05, 0.1) is 27.0 Å². The molecule has 1 N–H and O–H groups in total. The second kappa shape index (κ2) is 11.4. The van der Waals surface area contributed by atoms with Crippen molar-refractivity contribution in [3.8, 4) is 0 Å². The van der Waals surface area contributed by atoms with Crippen molar-refractivity contribution < 1.29 is 18.0 Å². The number of aryl methyl sites for hydroxylation is 1. The predicted molar refractivity (Wildman–Crippen MR) is 134 cm³/mol. The summed E-state index contributed by atoms with van der Waals surface area (Å²) in [6.07, 6.45) is 0.956. The second-order valence-electron chi connectivity index (χ2n) is 7.57. The summed E-state index contributed by atoms with van der Waals surface area (Å²) in [5.74, 6) is -0.931. The van der Waals surface area contributed by atoms with E-state index in [1.165, 1.54) is 17.0 Å². The maximum atomic E-state index is 13.4. The highest BCUT2D eigenvalue weighted by atomic mass is 35.5. The van der Waals surface area contributed by atoms with Gasteiger partial charge in [0.15, 0.2) is 0 Å². The van der Waals surface area contributed by atoms with Crippen molar-refractivity contribution >= 4 is 62.3 Å². The number of hydrogen-bond acceptors (Lipinski definition) is 4. The van der Waals surface area contributed by atoms with Crippen LogP contribution in [-0.4, -0.2) is 50.5 Å². The number of nitrogens with one attached hydrogen (secondary N) is 1. The zero-order valence-corrected chi connectivity index (χ0v) is 21.8. The summed E-state index contributed by atoms with van der Waals surface area (Å²) >= 11 is 18.3. The quantitative estimate of drug-likeness (QED) is 0.487. The SMILES string of the molecule is CCNC(=O)C(C)N(Cc1cccc(C)c1)C(=O)CN(c1cc(Cl)c(Cl)cc1Cl)S(C)(=O)=O. The maximum absolute atomic E-state index is 13.4. The number of sulfonamides is 1. The van der Waals surface area contributed by atoms with Crippen LogP contribution in [0.1, 0.15) is 25.0 Å². The molecule has 0 radical (unpaired) electrons. The molecule has 0 aromatic heterocycles. The molecule has 2 amide bonds. The molecular formula is C22H26Cl3N3O4S. The van der Waals surface area contributed by atoms with Crippen molar-refractivity contribution in [1.82, 2.24) is 10.2 Å². The van der Waals surface area contributed by atoms with E-state index in [0.29, 0.717) is 6.54 Å². The summed E-state index contributed by atoms with van der Waals surface area (Å²) in [6, 6.07) is 9.26. The number of carbonyl (C=O) groups excluding carboxylic acids is 2. The van der Waals surface area contributed by atoms with E-state index in [1.807, 2.05) is 31.2 Å². The van der Waals surface area contributed by atoms with E-state index in [1.54, 1.807) is 13.8 Å². The number of amides is 2. The highest BCUT2D eigenvalue weighted by molar-refractivity contribution is 7.92. The van der Waals surface area contributed by atoms with E-state index >= 15 is 0 Å². The van der Waals surface area contributed by atoms with E-state index in [0.717, 1.165) is 21.7 Å². The highest BCUT2D eigenvalue weighted by Gasteiger charge is 2.31. The van der Waals surface area contributed by atoms with Gasteiger partial charge in [0, 0.05) is 13.1 Å². The molecular weight excluding hydrogens is 509 g/mol. The summed E-state index contributed by atoms with van der Waals surface area (Å²) in [7, 11) is -3.94. The Bertz CT molecular complexity index is 1140. The number of nitrogens with zero attached hydrogens (tertiary/aromatic N) is 2. The van der Waals surface area contributed by atoms with Crippen LogP contribution in [0.4, 0.5) is 5.69 Å². The van der Waals surface area contributed by atoms with Crippen molar-refractivity contribution in [3.05, 3.63) is 62.6 Å². The summed E-state index contributed by atoms with van der Waals surface area (Å²) in [5, 5.41) is 2.95. The van der Waals surface area contributed by atoms with Gasteiger partial charge in [0.25, 0.3) is 0 Å². The molecule has 2 rings (SSSR count). The first-order valence-corrected chi connectivity index (χ1v) is 13.1. The van der Waals surface area contributed by atoms with Crippen LogP contribution in [-0.2, 0) is 26.2 Å². The lowest BCUT2D eigenvalue weighted by Crippen LogP contribution is -2.51. The van der Waals surface area contributed by atoms with E-state index < -0.39 is 28.5 Å². The lowest BCUT2D eigenvalue weighted by Gasteiger charge is -2.31. The first kappa shape index (κ1) is 27.2. The largest absolute Gasteiger partial charge is 0.355 e. The molecule has 7 nitrogen and oxygen atoms in total. The number of rotatable bonds is 9. The third-order valence-corrected chi connectivity index (χ3v) is 7.04. The topological polar surface area (TPSA) is 86.8 Å². The zero-order valence-electron chi connectivity index (χ0n) is 18.7. The van der Waals surface area contributed by atoms with E-state index in [2.05, 4.69) is 5.32 Å². The van der Waals surface area contributed by atoms with Gasteiger partial charge in [-0.05, 0) is 38.5 Å². The number of likely N-dealkylation sites (N-methyl/N-ethyl adjacent to an activating group) is 1. The maximum Gasteiger partial charge on any atom is 0.244 e. The summed E-state index contributed by atoms with van der Waals surface area (Å²) in [4.78, 5) is 27.3. The van der Waals surface area contributed by atoms with Gasteiger partial charge in [-0.1, -0.05) is 64.6 Å². The molecule has 2 aromatic rings. The lowest BCUT2D eigenvalue weighted by atomic mass is 10.1. The third kappa shape index (κ3) is 7.24. The molecule has 180 valence electrons. The minimum Gasteiger partial charge on any atom is -0.355 e. The van der Waals surface area contributed by atoms with Crippen LogP contribution in [0.3, 0.4) is 0 Å². The zero-order chi connectivity index (χ0) is 24.9. The molecule has 11 heteroatoms. The van der Waals surface area contributed by atoms with E-state index in [9.17, 15) is 18.0 Å². The van der Waals surface area contributed by atoms with Crippen LogP contribution in [0.25, 0.3) is 0 Å². The molecule has 0 spiro atoms. The second-order valence-corrected chi connectivity index (χ2v) is 10.7. The van der Waals surface area contributed by atoms with Crippen LogP contribution < -0.4 is 9.62 Å². The average Bonchev–Trinajstić information content (AvgIpc) is 2.72. The van der Waals surface area contributed by atoms with E-state index in [4.69, 9.17) is 34.8 Å². The van der Waals surface area contributed by atoms with Crippen LogP contribution >= 0.6 is 34.8 Å². The molecule has 1 atom stereocenters. The molecule has 0 aliphatic carbocycles. The lowest BCUT2D eigenvalue weighted by molar-refractivity contribution is -0.139. The number of benzene rings is 2. The van der Waals surface area contributed by atoms with Crippen LogP contribution in [0, 0.1) is 6.92 Å². The molecule has 0 bridgehead atoms. The molecule has 0 saturated carbocycles. The molecule has 33 heavy (non-hydrogen) atoms. The van der Waals surface area contributed by atoms with Crippen molar-refractivity contribution in [3.63, 3.8) is 0 Å². The molecule has 0 saturated heterocycles. The number of carbonyl (C=O) groups is 2. The minimum absolute atomic E-state index is 0.0167. The van der Waals surface area contributed by atoms with Crippen LogP contribution in [0.5, 0.6) is 0 Å². The van der Waals surface area contributed by atoms with Gasteiger partial charge in [-0.3, -0.25) is 13.9 Å². The van der Waals surface area contributed by atoms with Gasteiger partial charge < -0.3 is 10.2 Å². The Morgan fingerprint density at radius 1 is 1.06 bits per heavy atom. The number of hydrogen-bond donors (Lipinski definition) is 1. The Kier molecular flexibility index (Phi) is 9.43. The average molecular weight is 535 g/mol. The minimum atomic E-state index is -3.94. The fourth-order valence-electron chi connectivity index (χ4n) is 3.21. The smallest absolute Gasteiger partial charge is 0.244 e. The molecule has 2 aromatic carbocycles. The first-order chi connectivity index (χ1) is 15.3. The fraction of sp³-hybridized carbons (Fsp3) is 0.364. The van der Waals surface area contributed by atoms with Gasteiger partial charge in [0.2, 0.25) is 21.8 Å². The Morgan fingerprint density at radius 2 is 1.70 bits per heavy atom. The molecule has 0 heterocycles. The van der Waals surface area contributed by atoms with Crippen molar-refractivity contribution in [2.24, 2.45) is 0 Å². The molecule has 0 fully saturated rings. The summed E-state index contributed by atoms with van der Waals surface area (Å²) in [6.45, 7) is 5.22. The molecule has 0 aliphatic rings. The van der Waals surface area contributed by atoms with Gasteiger partial charge >= 0.3 is 0 Å². The third-order valence-electron chi connectivity index (χ3n) is 4.89. The van der Waals surface area contributed by atoms with Gasteiger partial charge in [-0.15, -0.1) is 0 Å². The monoisotopic (exact) mass is 533 g/mol. The highest BCUT2D eigenvalue weighted by Crippen LogP contribution is 2.35. The fourth-order valence-corrected chi connectivity index (χ4v) is 4.76. The summed E-state index contributed by atoms with van der Waals surface area (Å²) < 4.78 is 26.0. The van der Waals surface area contributed by atoms with Gasteiger partial charge in [-0.2, -0.15) is 0 Å². The predicted octanol–water partition coefficient (Wildman–Crippen LogP) is 4.27.